The molecule has 0 saturated carbocycles. The third-order valence-electron chi connectivity index (χ3n) is 2.93. The SMILES string of the molecule is O=S(=O)(Nc1cccc(Cl)c1Cl)C1CCNCC1. The van der Waals surface area contributed by atoms with Gasteiger partial charge >= 0.3 is 0 Å². The van der Waals surface area contributed by atoms with Crippen molar-refractivity contribution in [2.75, 3.05) is 17.8 Å². The second-order valence-electron chi connectivity index (χ2n) is 4.20. The predicted octanol–water partition coefficient (Wildman–Crippen LogP) is 2.49. The minimum Gasteiger partial charge on any atom is -0.317 e. The highest BCUT2D eigenvalue weighted by atomic mass is 35.5. The number of hydrogen-bond donors (Lipinski definition) is 2. The number of anilines is 1. The Labute approximate surface area is 117 Å². The molecule has 18 heavy (non-hydrogen) atoms. The van der Waals surface area contributed by atoms with Gasteiger partial charge in [0, 0.05) is 0 Å². The zero-order valence-corrected chi connectivity index (χ0v) is 11.9. The minimum atomic E-state index is -3.41. The first-order valence-corrected chi connectivity index (χ1v) is 7.97. The maximum absolute atomic E-state index is 12.2. The quantitative estimate of drug-likeness (QED) is 0.902. The van der Waals surface area contributed by atoms with E-state index in [1.807, 2.05) is 0 Å². The largest absolute Gasteiger partial charge is 0.317 e. The van der Waals surface area contributed by atoms with Crippen LogP contribution in [0.5, 0.6) is 0 Å². The van der Waals surface area contributed by atoms with Crippen molar-refractivity contribution >= 4 is 38.9 Å². The van der Waals surface area contributed by atoms with Crippen LogP contribution < -0.4 is 10.0 Å². The fourth-order valence-electron chi connectivity index (χ4n) is 1.92. The van der Waals surface area contributed by atoms with Crippen molar-refractivity contribution in [1.82, 2.24) is 5.32 Å². The third kappa shape index (κ3) is 3.09. The molecule has 1 aliphatic heterocycles. The van der Waals surface area contributed by atoms with Gasteiger partial charge < -0.3 is 5.32 Å². The van der Waals surface area contributed by atoms with E-state index in [4.69, 9.17) is 23.2 Å². The molecule has 0 aromatic heterocycles. The molecule has 0 spiro atoms. The van der Waals surface area contributed by atoms with Crippen molar-refractivity contribution in [1.29, 1.82) is 0 Å². The van der Waals surface area contributed by atoms with Gasteiger partial charge in [-0.15, -0.1) is 0 Å². The molecule has 0 amide bonds. The Morgan fingerprint density at radius 2 is 1.89 bits per heavy atom. The molecule has 2 rings (SSSR count). The molecule has 4 nitrogen and oxygen atoms in total. The molecule has 1 aromatic carbocycles. The van der Waals surface area contributed by atoms with Crippen molar-refractivity contribution in [2.45, 2.75) is 18.1 Å². The van der Waals surface area contributed by atoms with Gasteiger partial charge in [-0.3, -0.25) is 4.72 Å². The van der Waals surface area contributed by atoms with Crippen LogP contribution in [0, 0.1) is 0 Å². The minimum absolute atomic E-state index is 0.233. The number of hydrogen-bond acceptors (Lipinski definition) is 3. The van der Waals surface area contributed by atoms with Gasteiger partial charge in [0.15, 0.2) is 0 Å². The summed E-state index contributed by atoms with van der Waals surface area (Å²) < 4.78 is 26.9. The summed E-state index contributed by atoms with van der Waals surface area (Å²) in [7, 11) is -3.41. The monoisotopic (exact) mass is 308 g/mol. The van der Waals surface area contributed by atoms with E-state index in [-0.39, 0.29) is 10.3 Å². The summed E-state index contributed by atoms with van der Waals surface area (Å²) >= 11 is 11.8. The maximum Gasteiger partial charge on any atom is 0.235 e. The molecule has 7 heteroatoms. The van der Waals surface area contributed by atoms with Crippen molar-refractivity contribution in [3.8, 4) is 0 Å². The van der Waals surface area contributed by atoms with E-state index in [1.165, 1.54) is 0 Å². The molecule has 0 bridgehead atoms. The molecule has 100 valence electrons. The molecule has 1 fully saturated rings. The highest BCUT2D eigenvalue weighted by Gasteiger charge is 2.27. The molecule has 0 aliphatic carbocycles. The Balaban J connectivity index is 2.19. The van der Waals surface area contributed by atoms with Crippen LogP contribution in [0.1, 0.15) is 12.8 Å². The molecule has 0 atom stereocenters. The second-order valence-corrected chi connectivity index (χ2v) is 6.94. The number of sulfonamides is 1. The number of benzene rings is 1. The lowest BCUT2D eigenvalue weighted by Crippen LogP contribution is -2.38. The summed E-state index contributed by atoms with van der Waals surface area (Å²) in [5.74, 6) is 0. The number of halogens is 2. The van der Waals surface area contributed by atoms with E-state index < -0.39 is 10.0 Å². The zero-order chi connectivity index (χ0) is 13.2. The van der Waals surface area contributed by atoms with E-state index in [9.17, 15) is 8.42 Å². The Morgan fingerprint density at radius 1 is 1.22 bits per heavy atom. The predicted molar refractivity (Wildman–Crippen MR) is 74.9 cm³/mol. The van der Waals surface area contributed by atoms with Crippen LogP contribution in [0.25, 0.3) is 0 Å². The highest BCUT2D eigenvalue weighted by Crippen LogP contribution is 2.31. The summed E-state index contributed by atoms with van der Waals surface area (Å²) in [5.41, 5.74) is 0.336. The molecule has 1 saturated heterocycles. The van der Waals surface area contributed by atoms with Gasteiger partial charge in [-0.2, -0.15) is 0 Å². The van der Waals surface area contributed by atoms with E-state index >= 15 is 0 Å². The topological polar surface area (TPSA) is 58.2 Å². The van der Waals surface area contributed by atoms with Gasteiger partial charge in [0.1, 0.15) is 0 Å². The second kappa shape index (κ2) is 5.65. The van der Waals surface area contributed by atoms with Crippen LogP contribution in [-0.4, -0.2) is 26.8 Å². The lowest BCUT2D eigenvalue weighted by molar-refractivity contribution is 0.499. The van der Waals surface area contributed by atoms with Gasteiger partial charge in [-0.05, 0) is 38.1 Å². The van der Waals surface area contributed by atoms with Crippen molar-refractivity contribution < 1.29 is 8.42 Å². The molecule has 1 aliphatic rings. The average Bonchev–Trinajstić information content (AvgIpc) is 2.36. The number of piperidine rings is 1. The van der Waals surface area contributed by atoms with E-state index in [2.05, 4.69) is 10.0 Å². The summed E-state index contributed by atoms with van der Waals surface area (Å²) in [5, 5.41) is 3.32. The summed E-state index contributed by atoms with van der Waals surface area (Å²) in [6.07, 6.45) is 1.21. The number of nitrogens with one attached hydrogen (secondary N) is 2. The molecule has 0 radical (unpaired) electrons. The summed E-state index contributed by atoms with van der Waals surface area (Å²) in [4.78, 5) is 0. The third-order valence-corrected chi connectivity index (χ3v) is 5.60. The van der Waals surface area contributed by atoms with Gasteiger partial charge in [0.2, 0.25) is 10.0 Å². The van der Waals surface area contributed by atoms with Crippen molar-refractivity contribution in [3.05, 3.63) is 28.2 Å². The first-order valence-electron chi connectivity index (χ1n) is 5.67. The van der Waals surface area contributed by atoms with Gasteiger partial charge in [0.05, 0.1) is 21.0 Å². The van der Waals surface area contributed by atoms with Crippen LogP contribution in [-0.2, 0) is 10.0 Å². The molecule has 1 aromatic rings. The Kier molecular flexibility index (Phi) is 4.37. The fraction of sp³-hybridized carbons (Fsp3) is 0.455. The molecule has 2 N–H and O–H groups in total. The van der Waals surface area contributed by atoms with Crippen LogP contribution in [0.4, 0.5) is 5.69 Å². The van der Waals surface area contributed by atoms with Crippen LogP contribution in [0.3, 0.4) is 0 Å². The van der Waals surface area contributed by atoms with Crippen molar-refractivity contribution in [2.24, 2.45) is 0 Å². The van der Waals surface area contributed by atoms with Gasteiger partial charge in [-0.25, -0.2) is 8.42 Å². The molecular formula is C11H14Cl2N2O2S. The lowest BCUT2D eigenvalue weighted by Gasteiger charge is -2.23. The van der Waals surface area contributed by atoms with Crippen LogP contribution in [0.15, 0.2) is 18.2 Å². The fourth-order valence-corrected chi connectivity index (χ4v) is 3.83. The van der Waals surface area contributed by atoms with Gasteiger partial charge in [-0.1, -0.05) is 29.3 Å². The highest BCUT2D eigenvalue weighted by molar-refractivity contribution is 7.93. The maximum atomic E-state index is 12.2. The first kappa shape index (κ1) is 13.9. The molecular weight excluding hydrogens is 295 g/mol. The Hall–Kier alpha value is -0.490. The Morgan fingerprint density at radius 3 is 2.56 bits per heavy atom. The van der Waals surface area contributed by atoms with E-state index in [0.717, 1.165) is 13.1 Å². The van der Waals surface area contributed by atoms with Gasteiger partial charge in [0.25, 0.3) is 0 Å². The number of rotatable bonds is 3. The summed E-state index contributed by atoms with van der Waals surface area (Å²) in [6.45, 7) is 1.43. The summed E-state index contributed by atoms with van der Waals surface area (Å²) in [6, 6.07) is 4.88. The standard InChI is InChI=1S/C11H14Cl2N2O2S/c12-9-2-1-3-10(11(9)13)15-18(16,17)8-4-6-14-7-5-8/h1-3,8,14-15H,4-7H2. The zero-order valence-electron chi connectivity index (χ0n) is 9.62. The average molecular weight is 309 g/mol. The Bertz CT molecular complexity index is 528. The van der Waals surface area contributed by atoms with Crippen LogP contribution >= 0.6 is 23.2 Å². The molecule has 0 unspecified atom stereocenters. The van der Waals surface area contributed by atoms with Crippen molar-refractivity contribution in [3.63, 3.8) is 0 Å². The van der Waals surface area contributed by atoms with Crippen LogP contribution in [0.2, 0.25) is 10.0 Å². The normalized spacial score (nSPS) is 17.7. The smallest absolute Gasteiger partial charge is 0.235 e. The van der Waals surface area contributed by atoms with E-state index in [1.54, 1.807) is 18.2 Å². The lowest BCUT2D eigenvalue weighted by atomic mass is 10.2. The molecule has 1 heterocycles. The van der Waals surface area contributed by atoms with E-state index in [0.29, 0.717) is 23.6 Å². The first-order chi connectivity index (χ1) is 8.50.